The molecule has 0 amide bonds. The van der Waals surface area contributed by atoms with Crippen LogP contribution >= 0.6 is 50.2 Å². The van der Waals surface area contributed by atoms with E-state index in [1.807, 2.05) is 36.4 Å². The van der Waals surface area contributed by atoms with Gasteiger partial charge in [0, 0.05) is 97.6 Å². The molecule has 2 aliphatic rings. The van der Waals surface area contributed by atoms with E-state index in [2.05, 4.69) is 48.6 Å². The summed E-state index contributed by atoms with van der Waals surface area (Å²) in [5.41, 5.74) is 4.35. The molecule has 2 aromatic heterocycles. The van der Waals surface area contributed by atoms with Crippen molar-refractivity contribution in [3.05, 3.63) is 128 Å². The third-order valence-corrected chi connectivity index (χ3v) is 17.2. The lowest BCUT2D eigenvalue weighted by Crippen LogP contribution is -2.48. The van der Waals surface area contributed by atoms with E-state index in [1.54, 1.807) is 46.9 Å². The van der Waals surface area contributed by atoms with Gasteiger partial charge in [-0.1, -0.05) is 51.8 Å². The number of hydrogen-bond acceptors (Lipinski definition) is 14. The van der Waals surface area contributed by atoms with E-state index in [4.69, 9.17) is 40.5 Å². The Morgan fingerprint density at radius 3 is 1.45 bits per heavy atom. The molecule has 340 valence electrons. The van der Waals surface area contributed by atoms with Crippen LogP contribution in [0, 0.1) is 0 Å². The number of methoxy groups -OCH3 is 4. The average Bonchev–Trinajstić information content (AvgIpc) is 3.99. The van der Waals surface area contributed by atoms with E-state index in [-0.39, 0.29) is 21.3 Å². The number of rotatable bonds is 14. The second-order valence-electron chi connectivity index (χ2n) is 14.7. The van der Waals surface area contributed by atoms with Crippen molar-refractivity contribution in [1.29, 1.82) is 0 Å². The highest BCUT2D eigenvalue weighted by molar-refractivity contribution is 9.10. The normalized spacial score (nSPS) is 15.0. The van der Waals surface area contributed by atoms with Gasteiger partial charge in [-0.2, -0.15) is 8.61 Å². The minimum atomic E-state index is -3.68. The predicted octanol–water partition coefficient (Wildman–Crippen LogP) is 7.94. The van der Waals surface area contributed by atoms with Gasteiger partial charge in [0.05, 0.1) is 39.8 Å². The van der Waals surface area contributed by atoms with Gasteiger partial charge < -0.3 is 28.7 Å². The maximum atomic E-state index is 13.2. The highest BCUT2D eigenvalue weighted by Crippen LogP contribution is 2.34. The van der Waals surface area contributed by atoms with Crippen molar-refractivity contribution >= 4 is 80.5 Å². The van der Waals surface area contributed by atoms with Crippen molar-refractivity contribution in [2.45, 2.75) is 22.6 Å². The van der Waals surface area contributed by atoms with E-state index in [9.17, 15) is 16.8 Å². The van der Waals surface area contributed by atoms with Crippen molar-refractivity contribution in [2.75, 3.05) is 90.6 Å². The monoisotopic (exact) mass is 1030 g/mol. The number of nitrogens with zero attached hydrogens (tertiary/aromatic N) is 6. The van der Waals surface area contributed by atoms with Crippen LogP contribution < -0.4 is 28.7 Å². The van der Waals surface area contributed by atoms with Gasteiger partial charge in [0.1, 0.15) is 32.8 Å². The molecule has 0 aliphatic carbocycles. The summed E-state index contributed by atoms with van der Waals surface area (Å²) in [5.74, 6) is 1.65. The van der Waals surface area contributed by atoms with Gasteiger partial charge in [-0.25, -0.2) is 26.8 Å². The number of halogens is 2. The predicted molar refractivity (Wildman–Crippen MR) is 256 cm³/mol. The molecule has 4 heterocycles. The third kappa shape index (κ3) is 11.3. The van der Waals surface area contributed by atoms with E-state index in [0.717, 1.165) is 44.5 Å². The first-order valence-electron chi connectivity index (χ1n) is 20.1. The molecular formula is C44H48BrClN6O8S4. The second kappa shape index (κ2) is 21.2. The summed E-state index contributed by atoms with van der Waals surface area (Å²) in [7, 11) is -1.37. The minimum absolute atomic E-state index is 0.147. The molecule has 4 aromatic carbocycles. The summed E-state index contributed by atoms with van der Waals surface area (Å²) < 4.78 is 77.8. The Labute approximate surface area is 396 Å². The number of thiazole rings is 2. The zero-order valence-corrected chi connectivity index (χ0v) is 41.3. The van der Waals surface area contributed by atoms with Crippen LogP contribution in [0.15, 0.2) is 110 Å². The molecule has 0 unspecified atom stereocenters. The molecule has 0 radical (unpaired) electrons. The summed E-state index contributed by atoms with van der Waals surface area (Å²) in [6.45, 7) is 3.85. The van der Waals surface area contributed by atoms with Crippen molar-refractivity contribution in [3.8, 4) is 23.0 Å². The smallest absolute Gasteiger partial charge is 0.246 e. The Hall–Kier alpha value is -4.47. The van der Waals surface area contributed by atoms with Gasteiger partial charge in [0.25, 0.3) is 0 Å². The first-order valence-corrected chi connectivity index (χ1v) is 25.9. The van der Waals surface area contributed by atoms with Gasteiger partial charge in [0.2, 0.25) is 20.0 Å². The highest BCUT2D eigenvalue weighted by Gasteiger charge is 2.33. The quantitative estimate of drug-likeness (QED) is 0.105. The molecule has 0 spiro atoms. The van der Waals surface area contributed by atoms with Crippen LogP contribution in [0.4, 0.5) is 10.3 Å². The second-order valence-corrected chi connectivity index (χ2v) is 21.5. The molecule has 0 saturated carbocycles. The first kappa shape index (κ1) is 47.5. The molecule has 20 heteroatoms. The van der Waals surface area contributed by atoms with Crippen LogP contribution in [-0.4, -0.2) is 116 Å². The van der Waals surface area contributed by atoms with E-state index < -0.39 is 20.0 Å². The van der Waals surface area contributed by atoms with Crippen molar-refractivity contribution in [3.63, 3.8) is 0 Å². The standard InChI is InChI=1S/C22H24BrN3O4S2.C22H24ClN3O4S2/c1-29-19-6-7-21(20(14-19)30-2)32(27,28)26-10-8-25(9-11-26)22-24-18(15-31-22)13-16-4-3-5-17(23)12-16;1-29-19-7-8-21(20(14-19)30-2)32(27,28)26-11-9-25(10-12-26)22-24-18(15-31-22)13-16-3-5-17(23)6-4-16/h3-7,12,14-15H,8-11,13H2,1-2H3;3-8,14-15H,9-13H2,1-2H3. The first-order chi connectivity index (χ1) is 30.8. The number of aromatic nitrogens is 2. The number of sulfonamides is 2. The maximum absolute atomic E-state index is 13.2. The number of benzene rings is 4. The zero-order valence-electron chi connectivity index (χ0n) is 35.6. The summed E-state index contributed by atoms with van der Waals surface area (Å²) in [6.07, 6.45) is 1.50. The molecule has 64 heavy (non-hydrogen) atoms. The summed E-state index contributed by atoms with van der Waals surface area (Å²) in [4.78, 5) is 14.1. The fourth-order valence-electron chi connectivity index (χ4n) is 7.21. The largest absolute Gasteiger partial charge is 0.497 e. The van der Waals surface area contributed by atoms with Gasteiger partial charge in [0.15, 0.2) is 10.3 Å². The van der Waals surface area contributed by atoms with Crippen molar-refractivity contribution in [1.82, 2.24) is 18.6 Å². The topological polar surface area (TPSA) is 144 Å². The lowest BCUT2D eigenvalue weighted by Gasteiger charge is -2.34. The number of hydrogen-bond donors (Lipinski definition) is 0. The summed E-state index contributed by atoms with van der Waals surface area (Å²) >= 11 is 12.6. The molecule has 2 saturated heterocycles. The Morgan fingerprint density at radius 2 is 1.03 bits per heavy atom. The van der Waals surface area contributed by atoms with Gasteiger partial charge in [-0.05, 0) is 59.7 Å². The molecule has 0 N–H and O–H groups in total. The number of piperazine rings is 2. The van der Waals surface area contributed by atoms with Crippen LogP contribution in [0.1, 0.15) is 22.5 Å². The molecule has 6 aromatic rings. The van der Waals surface area contributed by atoms with Crippen LogP contribution in [0.25, 0.3) is 0 Å². The molecule has 8 rings (SSSR count). The molecule has 0 bridgehead atoms. The molecule has 2 fully saturated rings. The Bertz CT molecular complexity index is 2740. The fourth-order valence-corrected chi connectivity index (χ4v) is 12.7. The zero-order chi connectivity index (χ0) is 45.4. The fraction of sp³-hybridized carbons (Fsp3) is 0.318. The average molecular weight is 1030 g/mol. The van der Waals surface area contributed by atoms with Gasteiger partial charge in [-0.3, -0.25) is 0 Å². The van der Waals surface area contributed by atoms with Crippen LogP contribution in [0.3, 0.4) is 0 Å². The van der Waals surface area contributed by atoms with Crippen molar-refractivity contribution in [2.24, 2.45) is 0 Å². The van der Waals surface area contributed by atoms with E-state index in [0.29, 0.717) is 68.9 Å². The Balaban J connectivity index is 0.000000191. The van der Waals surface area contributed by atoms with Crippen LogP contribution in [0.2, 0.25) is 5.02 Å². The number of ether oxygens (including phenoxy) is 4. The van der Waals surface area contributed by atoms with Crippen LogP contribution in [0.5, 0.6) is 23.0 Å². The SMILES string of the molecule is COc1ccc(S(=O)(=O)N2CCN(c3nc(Cc4ccc(Cl)cc4)cs3)CC2)c(OC)c1.COc1ccc(S(=O)(=O)N2CCN(c3nc(Cc4cccc(Br)c4)cs3)CC2)c(OC)c1. The lowest BCUT2D eigenvalue weighted by atomic mass is 10.1. The van der Waals surface area contributed by atoms with Gasteiger partial charge >= 0.3 is 0 Å². The maximum Gasteiger partial charge on any atom is 0.246 e. The highest BCUT2D eigenvalue weighted by atomic mass is 79.9. The third-order valence-electron chi connectivity index (χ3n) is 10.6. The van der Waals surface area contributed by atoms with Gasteiger partial charge in [-0.15, -0.1) is 22.7 Å². The van der Waals surface area contributed by atoms with E-state index in [1.165, 1.54) is 54.7 Å². The summed E-state index contributed by atoms with van der Waals surface area (Å²) in [5, 5.41) is 6.67. The van der Waals surface area contributed by atoms with Crippen LogP contribution in [-0.2, 0) is 32.9 Å². The molecule has 14 nitrogen and oxygen atoms in total. The minimum Gasteiger partial charge on any atom is -0.497 e. The number of anilines is 2. The summed E-state index contributed by atoms with van der Waals surface area (Å²) in [6, 6.07) is 25.5. The molecule has 2 aliphatic heterocycles. The lowest BCUT2D eigenvalue weighted by molar-refractivity contribution is 0.369. The van der Waals surface area contributed by atoms with E-state index >= 15 is 0 Å². The Morgan fingerprint density at radius 1 is 0.578 bits per heavy atom. The Kier molecular flexibility index (Phi) is 15.8. The molecule has 0 atom stereocenters. The van der Waals surface area contributed by atoms with Crippen molar-refractivity contribution < 1.29 is 35.8 Å². The molecular weight excluding hydrogens is 984 g/mol.